The van der Waals surface area contributed by atoms with Crippen molar-refractivity contribution >= 4 is 54.0 Å². The van der Waals surface area contributed by atoms with E-state index < -0.39 is 21.6 Å². The number of rotatable bonds is 6. The number of thiazole rings is 1. The molecule has 0 aliphatic rings. The van der Waals surface area contributed by atoms with Crippen LogP contribution in [0.5, 0.6) is 0 Å². The highest BCUT2D eigenvalue weighted by atomic mass is 35.5. The molecule has 0 bridgehead atoms. The van der Waals surface area contributed by atoms with Crippen LogP contribution in [-0.4, -0.2) is 25.1 Å². The summed E-state index contributed by atoms with van der Waals surface area (Å²) in [5.41, 5.74) is 5.14. The van der Waals surface area contributed by atoms with Crippen molar-refractivity contribution in [3.8, 4) is 0 Å². The van der Waals surface area contributed by atoms with Crippen LogP contribution in [0.3, 0.4) is 0 Å². The van der Waals surface area contributed by atoms with Gasteiger partial charge in [0.2, 0.25) is 11.0 Å². The zero-order chi connectivity index (χ0) is 18.7. The van der Waals surface area contributed by atoms with E-state index in [0.717, 1.165) is 0 Å². The molecule has 0 aliphatic carbocycles. The van der Waals surface area contributed by atoms with Crippen molar-refractivity contribution < 1.29 is 17.6 Å². The SMILES string of the molecule is O=C(CCS(=O)(=O)c1ccc(Cl)cc1)NNc1nc2c(F)cccc2s1. The largest absolute Gasteiger partial charge is 0.273 e. The van der Waals surface area contributed by atoms with Crippen LogP contribution in [0.4, 0.5) is 9.52 Å². The van der Waals surface area contributed by atoms with Crippen molar-refractivity contribution in [1.29, 1.82) is 0 Å². The van der Waals surface area contributed by atoms with Crippen LogP contribution >= 0.6 is 22.9 Å². The van der Waals surface area contributed by atoms with Gasteiger partial charge in [-0.2, -0.15) is 0 Å². The molecule has 0 saturated heterocycles. The number of carbonyl (C=O) groups excluding carboxylic acids is 1. The summed E-state index contributed by atoms with van der Waals surface area (Å²) in [6, 6.07) is 10.3. The van der Waals surface area contributed by atoms with E-state index in [9.17, 15) is 17.6 Å². The normalized spacial score (nSPS) is 11.5. The molecule has 1 amide bonds. The van der Waals surface area contributed by atoms with Crippen LogP contribution in [0, 0.1) is 5.82 Å². The number of hydrogen-bond donors (Lipinski definition) is 2. The average Bonchev–Trinajstić information content (AvgIpc) is 3.03. The number of fused-ring (bicyclic) bond motifs is 1. The topological polar surface area (TPSA) is 88.2 Å². The third kappa shape index (κ3) is 4.29. The third-order valence-electron chi connectivity index (χ3n) is 3.45. The molecule has 6 nitrogen and oxygen atoms in total. The summed E-state index contributed by atoms with van der Waals surface area (Å²) in [6.45, 7) is 0. The molecule has 0 fully saturated rings. The predicted octanol–water partition coefficient (Wildman–Crippen LogP) is 3.40. The molecule has 0 unspecified atom stereocenters. The number of halogens is 2. The molecule has 2 N–H and O–H groups in total. The Hall–Kier alpha value is -2.23. The van der Waals surface area contributed by atoms with Gasteiger partial charge >= 0.3 is 0 Å². The van der Waals surface area contributed by atoms with Crippen molar-refractivity contribution in [3.05, 3.63) is 53.3 Å². The number of hydrogen-bond acceptors (Lipinski definition) is 6. The first-order valence-corrected chi connectivity index (χ1v) is 10.3. The second-order valence-electron chi connectivity index (χ2n) is 5.30. The number of amides is 1. The molecule has 0 spiro atoms. The Morgan fingerprint density at radius 3 is 2.62 bits per heavy atom. The first-order valence-electron chi connectivity index (χ1n) is 7.43. The maximum atomic E-state index is 13.6. The molecule has 1 aromatic heterocycles. The van der Waals surface area contributed by atoms with Gasteiger partial charge in [-0.05, 0) is 36.4 Å². The van der Waals surface area contributed by atoms with Crippen LogP contribution < -0.4 is 10.9 Å². The highest BCUT2D eigenvalue weighted by molar-refractivity contribution is 7.91. The zero-order valence-electron chi connectivity index (χ0n) is 13.2. The van der Waals surface area contributed by atoms with Crippen LogP contribution in [-0.2, 0) is 14.6 Å². The van der Waals surface area contributed by atoms with E-state index in [2.05, 4.69) is 15.8 Å². The lowest BCUT2D eigenvalue weighted by molar-refractivity contribution is -0.120. The Bertz CT molecular complexity index is 1050. The summed E-state index contributed by atoms with van der Waals surface area (Å²) in [6.07, 6.45) is -0.239. The van der Waals surface area contributed by atoms with Gasteiger partial charge in [-0.3, -0.25) is 15.6 Å². The minimum absolute atomic E-state index is 0.101. The number of aromatic nitrogens is 1. The van der Waals surface area contributed by atoms with Crippen LogP contribution in [0.25, 0.3) is 10.2 Å². The van der Waals surface area contributed by atoms with Crippen molar-refractivity contribution in [2.75, 3.05) is 11.2 Å². The Balaban J connectivity index is 1.56. The molecule has 1 heterocycles. The standard InChI is InChI=1S/C16H13ClFN3O3S2/c17-10-4-6-11(7-5-10)26(23,24)9-8-14(22)20-21-16-19-15-12(18)2-1-3-13(15)25-16/h1-7H,8-9H2,(H,19,21)(H,20,22). The number of carbonyl (C=O) groups is 1. The summed E-state index contributed by atoms with van der Waals surface area (Å²) >= 11 is 6.90. The fraction of sp³-hybridized carbons (Fsp3) is 0.125. The number of para-hydroxylation sites is 1. The van der Waals surface area contributed by atoms with Crippen LogP contribution in [0.2, 0.25) is 5.02 Å². The quantitative estimate of drug-likeness (QED) is 0.605. The molecule has 136 valence electrons. The third-order valence-corrected chi connectivity index (χ3v) is 6.37. The summed E-state index contributed by atoms with van der Waals surface area (Å²) < 4.78 is 38.6. The molecule has 26 heavy (non-hydrogen) atoms. The zero-order valence-corrected chi connectivity index (χ0v) is 15.6. The molecule has 3 rings (SSSR count). The van der Waals surface area contributed by atoms with Crippen molar-refractivity contribution in [2.45, 2.75) is 11.3 Å². The number of hydrazine groups is 1. The number of nitrogens with zero attached hydrogens (tertiary/aromatic N) is 1. The number of nitrogens with one attached hydrogen (secondary N) is 2. The van der Waals surface area contributed by atoms with Gasteiger partial charge in [0.1, 0.15) is 11.3 Å². The predicted molar refractivity (Wildman–Crippen MR) is 99.5 cm³/mol. The van der Waals surface area contributed by atoms with E-state index in [0.29, 0.717) is 14.9 Å². The Morgan fingerprint density at radius 1 is 1.19 bits per heavy atom. The average molecular weight is 414 g/mol. The fourth-order valence-electron chi connectivity index (χ4n) is 2.14. The van der Waals surface area contributed by atoms with E-state index in [1.165, 1.54) is 41.7 Å². The molecule has 0 atom stereocenters. The maximum Gasteiger partial charge on any atom is 0.239 e. The van der Waals surface area contributed by atoms with Gasteiger partial charge in [0.25, 0.3) is 0 Å². The van der Waals surface area contributed by atoms with E-state index in [4.69, 9.17) is 11.6 Å². The minimum atomic E-state index is -3.59. The summed E-state index contributed by atoms with van der Waals surface area (Å²) in [4.78, 5) is 16.0. The van der Waals surface area contributed by atoms with Crippen molar-refractivity contribution in [2.24, 2.45) is 0 Å². The molecule has 0 saturated carbocycles. The van der Waals surface area contributed by atoms with E-state index >= 15 is 0 Å². The van der Waals surface area contributed by atoms with Gasteiger partial charge in [-0.25, -0.2) is 17.8 Å². The highest BCUT2D eigenvalue weighted by Crippen LogP contribution is 2.26. The first kappa shape index (κ1) is 18.6. The number of sulfone groups is 1. The highest BCUT2D eigenvalue weighted by Gasteiger charge is 2.16. The lowest BCUT2D eigenvalue weighted by Gasteiger charge is -2.06. The number of benzene rings is 2. The van der Waals surface area contributed by atoms with Gasteiger partial charge in [0, 0.05) is 11.4 Å². The number of anilines is 1. The van der Waals surface area contributed by atoms with Gasteiger partial charge in [0.05, 0.1) is 15.3 Å². The smallest absolute Gasteiger partial charge is 0.239 e. The van der Waals surface area contributed by atoms with E-state index in [-0.39, 0.29) is 22.6 Å². The van der Waals surface area contributed by atoms with Crippen LogP contribution in [0.15, 0.2) is 47.4 Å². The molecule has 0 radical (unpaired) electrons. The Kier molecular flexibility index (Phi) is 5.40. The maximum absolute atomic E-state index is 13.6. The monoisotopic (exact) mass is 413 g/mol. The lowest BCUT2D eigenvalue weighted by atomic mass is 10.3. The van der Waals surface area contributed by atoms with Gasteiger partial charge in [-0.1, -0.05) is 29.0 Å². The van der Waals surface area contributed by atoms with Crippen molar-refractivity contribution in [3.63, 3.8) is 0 Å². The first-order chi connectivity index (χ1) is 12.3. The molecule has 2 aromatic carbocycles. The fourth-order valence-corrected chi connectivity index (χ4v) is 4.34. The minimum Gasteiger partial charge on any atom is -0.273 e. The van der Waals surface area contributed by atoms with E-state index in [1.807, 2.05) is 0 Å². The summed E-state index contributed by atoms with van der Waals surface area (Å²) in [7, 11) is -3.59. The molecule has 0 aliphatic heterocycles. The molecular weight excluding hydrogens is 401 g/mol. The lowest BCUT2D eigenvalue weighted by Crippen LogP contribution is -2.30. The van der Waals surface area contributed by atoms with Gasteiger partial charge in [-0.15, -0.1) is 0 Å². The second kappa shape index (κ2) is 7.56. The van der Waals surface area contributed by atoms with Crippen LogP contribution in [0.1, 0.15) is 6.42 Å². The Labute approximate surface area is 157 Å². The van der Waals surface area contributed by atoms with E-state index in [1.54, 1.807) is 12.1 Å². The van der Waals surface area contributed by atoms with Gasteiger partial charge in [0.15, 0.2) is 9.84 Å². The molecule has 10 heteroatoms. The van der Waals surface area contributed by atoms with Crippen molar-refractivity contribution in [1.82, 2.24) is 10.4 Å². The van der Waals surface area contributed by atoms with Gasteiger partial charge < -0.3 is 0 Å². The second-order valence-corrected chi connectivity index (χ2v) is 8.88. The molecule has 3 aromatic rings. The summed E-state index contributed by atoms with van der Waals surface area (Å²) in [5.74, 6) is -1.33. The Morgan fingerprint density at radius 2 is 1.92 bits per heavy atom. The summed E-state index contributed by atoms with van der Waals surface area (Å²) in [5, 5.41) is 0.733. The molecular formula is C16H13ClFN3O3S2.